The van der Waals surface area contributed by atoms with Gasteiger partial charge >= 0.3 is 5.51 Å². The molecule has 0 aromatic heterocycles. The van der Waals surface area contributed by atoms with Crippen LogP contribution in [0.1, 0.15) is 25.7 Å². The molecule has 0 bridgehead atoms. The van der Waals surface area contributed by atoms with Gasteiger partial charge in [-0.15, -0.1) is 0 Å². The van der Waals surface area contributed by atoms with Crippen molar-refractivity contribution in [3.05, 3.63) is 24.3 Å². The lowest BCUT2D eigenvalue weighted by molar-refractivity contribution is -0.0328. The summed E-state index contributed by atoms with van der Waals surface area (Å²) in [5.74, 6) is 0. The van der Waals surface area contributed by atoms with E-state index in [-0.39, 0.29) is 28.8 Å². The quantitative estimate of drug-likeness (QED) is 0.817. The summed E-state index contributed by atoms with van der Waals surface area (Å²) in [4.78, 5) is 0.204. The minimum atomic E-state index is -4.24. The largest absolute Gasteiger partial charge is 0.446 e. The topological polar surface area (TPSA) is 21.3 Å². The van der Waals surface area contributed by atoms with Gasteiger partial charge in [-0.25, -0.2) is 0 Å². The summed E-state index contributed by atoms with van der Waals surface area (Å²) >= 11 is -0.0919. The number of methoxy groups -OCH3 is 1. The van der Waals surface area contributed by atoms with Crippen LogP contribution < -0.4 is 5.32 Å². The monoisotopic (exact) mass is 305 g/mol. The van der Waals surface area contributed by atoms with Gasteiger partial charge in [0.05, 0.1) is 12.1 Å². The summed E-state index contributed by atoms with van der Waals surface area (Å²) in [6, 6.07) is 6.59. The van der Waals surface area contributed by atoms with E-state index >= 15 is 0 Å². The van der Waals surface area contributed by atoms with Crippen molar-refractivity contribution in [3.63, 3.8) is 0 Å². The second-order valence-electron chi connectivity index (χ2n) is 4.88. The number of alkyl halides is 3. The van der Waals surface area contributed by atoms with Gasteiger partial charge in [0, 0.05) is 17.7 Å². The first-order valence-corrected chi connectivity index (χ1v) is 7.45. The zero-order valence-corrected chi connectivity index (χ0v) is 12.1. The van der Waals surface area contributed by atoms with E-state index in [4.69, 9.17) is 4.74 Å². The molecule has 1 aromatic rings. The number of halogens is 3. The number of hydrogen-bond acceptors (Lipinski definition) is 3. The highest BCUT2D eigenvalue weighted by Gasteiger charge is 2.29. The van der Waals surface area contributed by atoms with Crippen LogP contribution in [0.5, 0.6) is 0 Å². The molecular weight excluding hydrogens is 287 g/mol. The lowest BCUT2D eigenvalue weighted by atomic mass is 9.92. The lowest BCUT2D eigenvalue weighted by Crippen LogP contribution is -2.37. The zero-order chi connectivity index (χ0) is 14.6. The third kappa shape index (κ3) is 4.59. The van der Waals surface area contributed by atoms with Gasteiger partial charge in [-0.1, -0.05) is 12.8 Å². The van der Waals surface area contributed by atoms with Crippen molar-refractivity contribution in [2.24, 2.45) is 0 Å². The molecule has 20 heavy (non-hydrogen) atoms. The fourth-order valence-electron chi connectivity index (χ4n) is 2.51. The van der Waals surface area contributed by atoms with Crippen LogP contribution in [0.2, 0.25) is 0 Å². The second-order valence-corrected chi connectivity index (χ2v) is 6.02. The van der Waals surface area contributed by atoms with E-state index < -0.39 is 5.51 Å². The van der Waals surface area contributed by atoms with Gasteiger partial charge in [0.1, 0.15) is 0 Å². The Morgan fingerprint density at radius 3 is 2.40 bits per heavy atom. The Morgan fingerprint density at radius 2 is 1.80 bits per heavy atom. The summed E-state index contributed by atoms with van der Waals surface area (Å²) in [6.07, 6.45) is 4.54. The van der Waals surface area contributed by atoms with E-state index in [0.717, 1.165) is 31.4 Å². The number of anilines is 1. The van der Waals surface area contributed by atoms with Crippen LogP contribution in [-0.4, -0.2) is 24.8 Å². The van der Waals surface area contributed by atoms with E-state index in [1.54, 1.807) is 19.2 Å². The van der Waals surface area contributed by atoms with Crippen LogP contribution in [-0.2, 0) is 4.74 Å². The molecule has 0 aliphatic heterocycles. The van der Waals surface area contributed by atoms with Crippen LogP contribution >= 0.6 is 11.8 Å². The zero-order valence-electron chi connectivity index (χ0n) is 11.2. The molecule has 0 heterocycles. The fraction of sp³-hybridized carbons (Fsp3) is 0.571. The van der Waals surface area contributed by atoms with Crippen LogP contribution in [0.3, 0.4) is 0 Å². The van der Waals surface area contributed by atoms with Crippen molar-refractivity contribution in [3.8, 4) is 0 Å². The maximum atomic E-state index is 12.2. The Bertz CT molecular complexity index is 421. The predicted octanol–water partition coefficient (Wildman–Crippen LogP) is 4.67. The van der Waals surface area contributed by atoms with E-state index in [1.807, 2.05) is 0 Å². The highest BCUT2D eigenvalue weighted by atomic mass is 32.2. The lowest BCUT2D eigenvalue weighted by Gasteiger charge is -2.31. The normalized spacial score (nSPS) is 23.6. The Morgan fingerprint density at radius 1 is 1.15 bits per heavy atom. The minimum absolute atomic E-state index is 0.0919. The minimum Gasteiger partial charge on any atom is -0.380 e. The number of ether oxygens (including phenoxy) is 1. The van der Waals surface area contributed by atoms with Crippen molar-refractivity contribution in [1.82, 2.24) is 0 Å². The fourth-order valence-corrected chi connectivity index (χ4v) is 3.05. The average molecular weight is 305 g/mol. The molecule has 0 amide bonds. The summed E-state index contributed by atoms with van der Waals surface area (Å²) in [5.41, 5.74) is -3.40. The molecule has 6 heteroatoms. The number of rotatable bonds is 4. The van der Waals surface area contributed by atoms with Crippen LogP contribution in [0.15, 0.2) is 29.2 Å². The van der Waals surface area contributed by atoms with Gasteiger partial charge in [0.25, 0.3) is 0 Å². The summed E-state index contributed by atoms with van der Waals surface area (Å²) in [7, 11) is 1.70. The number of thioether (sulfide) groups is 1. The molecule has 0 saturated heterocycles. The van der Waals surface area contributed by atoms with Crippen molar-refractivity contribution in [1.29, 1.82) is 0 Å². The first-order valence-electron chi connectivity index (χ1n) is 6.63. The molecule has 112 valence electrons. The molecule has 1 aromatic carbocycles. The van der Waals surface area contributed by atoms with Gasteiger partial charge in [-0.2, -0.15) is 13.2 Å². The molecular formula is C14H18F3NOS. The third-order valence-electron chi connectivity index (χ3n) is 3.45. The smallest absolute Gasteiger partial charge is 0.380 e. The summed E-state index contributed by atoms with van der Waals surface area (Å²) < 4.78 is 42.2. The maximum Gasteiger partial charge on any atom is 0.446 e. The van der Waals surface area contributed by atoms with E-state index in [9.17, 15) is 13.2 Å². The molecule has 1 fully saturated rings. The van der Waals surface area contributed by atoms with Gasteiger partial charge in [0.2, 0.25) is 0 Å². The maximum absolute atomic E-state index is 12.2. The Balaban J connectivity index is 1.96. The molecule has 1 aliphatic carbocycles. The molecule has 1 aliphatic rings. The highest BCUT2D eigenvalue weighted by molar-refractivity contribution is 8.00. The van der Waals surface area contributed by atoms with Crippen molar-refractivity contribution >= 4 is 17.4 Å². The van der Waals surface area contributed by atoms with Crippen LogP contribution in [0.4, 0.5) is 18.9 Å². The molecule has 2 nitrogen and oxygen atoms in total. The SMILES string of the molecule is COC1CCCCC1Nc1ccc(SC(F)(F)F)cc1. The number of hydrogen-bond donors (Lipinski definition) is 1. The number of benzene rings is 1. The van der Waals surface area contributed by atoms with Gasteiger partial charge in [-0.3, -0.25) is 0 Å². The Kier molecular flexibility index (Phi) is 5.21. The molecule has 0 radical (unpaired) electrons. The standard InChI is InChI=1S/C14H18F3NOS/c1-19-13-5-3-2-4-12(13)18-10-6-8-11(9-7-10)20-14(15,16)17/h6-9,12-13,18H,2-5H2,1H3. The van der Waals surface area contributed by atoms with Crippen LogP contribution in [0, 0.1) is 0 Å². The molecule has 0 spiro atoms. The van der Waals surface area contributed by atoms with Crippen molar-refractivity contribution < 1.29 is 17.9 Å². The molecule has 2 atom stereocenters. The van der Waals surface area contributed by atoms with Crippen LogP contribution in [0.25, 0.3) is 0 Å². The molecule has 2 rings (SSSR count). The third-order valence-corrected chi connectivity index (χ3v) is 4.18. The van der Waals surface area contributed by atoms with E-state index in [0.29, 0.717) is 0 Å². The first kappa shape index (κ1) is 15.5. The predicted molar refractivity (Wildman–Crippen MR) is 75.0 cm³/mol. The van der Waals surface area contributed by atoms with Crippen molar-refractivity contribution in [2.75, 3.05) is 12.4 Å². The van der Waals surface area contributed by atoms with Crippen molar-refractivity contribution in [2.45, 2.75) is 48.2 Å². The summed E-state index contributed by atoms with van der Waals surface area (Å²) in [6.45, 7) is 0. The van der Waals surface area contributed by atoms with Gasteiger partial charge in [-0.05, 0) is 48.9 Å². The Hall–Kier alpha value is -0.880. The first-order chi connectivity index (χ1) is 9.48. The highest BCUT2D eigenvalue weighted by Crippen LogP contribution is 2.37. The van der Waals surface area contributed by atoms with E-state index in [1.165, 1.54) is 12.1 Å². The molecule has 2 unspecified atom stereocenters. The van der Waals surface area contributed by atoms with E-state index in [2.05, 4.69) is 5.32 Å². The summed E-state index contributed by atoms with van der Waals surface area (Å²) in [5, 5.41) is 3.36. The molecule has 1 N–H and O–H groups in total. The average Bonchev–Trinajstić information content (AvgIpc) is 2.40. The molecule has 1 saturated carbocycles. The number of nitrogens with one attached hydrogen (secondary N) is 1. The Labute approximate surface area is 121 Å². The second kappa shape index (κ2) is 6.72. The van der Waals surface area contributed by atoms with Gasteiger partial charge < -0.3 is 10.1 Å². The van der Waals surface area contributed by atoms with Gasteiger partial charge in [0.15, 0.2) is 0 Å².